The first kappa shape index (κ1) is 10.0. The maximum Gasteiger partial charge on any atom is 0.248 e. The van der Waals surface area contributed by atoms with Crippen molar-refractivity contribution in [3.8, 4) is 0 Å². The maximum atomic E-state index is 12.6. The van der Waals surface area contributed by atoms with Crippen LogP contribution in [-0.4, -0.2) is 18.7 Å². The van der Waals surface area contributed by atoms with E-state index < -0.39 is 17.8 Å². The van der Waals surface area contributed by atoms with E-state index >= 15 is 0 Å². The van der Waals surface area contributed by atoms with Gasteiger partial charge in [0.25, 0.3) is 0 Å². The van der Waals surface area contributed by atoms with Crippen LogP contribution in [0.1, 0.15) is 11.6 Å². The van der Waals surface area contributed by atoms with Crippen molar-refractivity contribution in [2.45, 2.75) is 6.04 Å². The number of methoxy groups -OCH3 is 1. The number of nitrogens with zero attached hydrogens (tertiary/aromatic N) is 1. The highest BCUT2D eigenvalue weighted by Crippen LogP contribution is 2.12. The van der Waals surface area contributed by atoms with E-state index in [9.17, 15) is 8.78 Å². The lowest BCUT2D eigenvalue weighted by Crippen LogP contribution is -2.16. The molecule has 0 bridgehead atoms. The van der Waals surface area contributed by atoms with Crippen molar-refractivity contribution < 1.29 is 13.5 Å². The number of pyridine rings is 1. The third-order valence-corrected chi connectivity index (χ3v) is 1.59. The molecule has 0 aromatic carbocycles. The van der Waals surface area contributed by atoms with Gasteiger partial charge in [0.1, 0.15) is 0 Å². The topological polar surface area (TPSA) is 48.1 Å². The third-order valence-electron chi connectivity index (χ3n) is 1.59. The Balaban J connectivity index is 2.84. The van der Waals surface area contributed by atoms with Gasteiger partial charge in [-0.25, -0.2) is 9.37 Å². The molecule has 1 aromatic rings. The standard InChI is InChI=1S/C8H10F2N2O/c1-13-4-7(11)5-2-6(9)8(10)12-3-5/h2-3,7H,4,11H2,1H3/t7-/m0/s1. The highest BCUT2D eigenvalue weighted by Gasteiger charge is 2.09. The summed E-state index contributed by atoms with van der Waals surface area (Å²) < 4.78 is 29.8. The predicted octanol–water partition coefficient (Wildman–Crippen LogP) is 1.01. The summed E-state index contributed by atoms with van der Waals surface area (Å²) in [6, 6.07) is 0.541. The zero-order valence-electron chi connectivity index (χ0n) is 7.13. The molecule has 0 aliphatic heterocycles. The van der Waals surface area contributed by atoms with Gasteiger partial charge in [0.15, 0.2) is 5.82 Å². The molecular weight excluding hydrogens is 178 g/mol. The SMILES string of the molecule is COC[C@H](N)c1cnc(F)c(F)c1. The minimum atomic E-state index is -1.12. The van der Waals surface area contributed by atoms with Crippen LogP contribution in [0.15, 0.2) is 12.3 Å². The summed E-state index contributed by atoms with van der Waals surface area (Å²) in [5, 5.41) is 0. The Bertz CT molecular complexity index is 293. The summed E-state index contributed by atoms with van der Waals surface area (Å²) in [5.74, 6) is -2.11. The van der Waals surface area contributed by atoms with Crippen LogP contribution < -0.4 is 5.73 Å². The summed E-state index contributed by atoms with van der Waals surface area (Å²) in [6.07, 6.45) is 1.20. The van der Waals surface area contributed by atoms with Gasteiger partial charge >= 0.3 is 0 Å². The summed E-state index contributed by atoms with van der Waals surface area (Å²) in [4.78, 5) is 3.20. The first-order chi connectivity index (χ1) is 6.15. The van der Waals surface area contributed by atoms with E-state index in [4.69, 9.17) is 10.5 Å². The van der Waals surface area contributed by atoms with Crippen molar-refractivity contribution in [2.24, 2.45) is 5.73 Å². The van der Waals surface area contributed by atoms with Crippen LogP contribution in [-0.2, 0) is 4.74 Å². The molecule has 1 rings (SSSR count). The Labute approximate surface area is 74.5 Å². The molecule has 0 radical (unpaired) electrons. The summed E-state index contributed by atoms with van der Waals surface area (Å²) in [5.41, 5.74) is 5.99. The summed E-state index contributed by atoms with van der Waals surface area (Å²) in [7, 11) is 1.48. The van der Waals surface area contributed by atoms with Gasteiger partial charge in [0.2, 0.25) is 5.95 Å². The van der Waals surface area contributed by atoms with Crippen LogP contribution in [0.25, 0.3) is 0 Å². The molecule has 1 atom stereocenters. The van der Waals surface area contributed by atoms with Gasteiger partial charge < -0.3 is 10.5 Å². The van der Waals surface area contributed by atoms with Crippen molar-refractivity contribution in [3.63, 3.8) is 0 Å². The number of halogens is 2. The van der Waals surface area contributed by atoms with Gasteiger partial charge in [-0.3, -0.25) is 0 Å². The van der Waals surface area contributed by atoms with Crippen LogP contribution in [0.5, 0.6) is 0 Å². The lowest BCUT2D eigenvalue weighted by atomic mass is 10.1. The van der Waals surface area contributed by atoms with Crippen molar-refractivity contribution in [3.05, 3.63) is 29.6 Å². The Kier molecular flexibility index (Phi) is 3.27. The Morgan fingerprint density at radius 3 is 2.85 bits per heavy atom. The minimum Gasteiger partial charge on any atom is -0.383 e. The second kappa shape index (κ2) is 4.25. The van der Waals surface area contributed by atoms with E-state index in [-0.39, 0.29) is 6.61 Å². The van der Waals surface area contributed by atoms with Crippen molar-refractivity contribution in [1.29, 1.82) is 0 Å². The second-order valence-corrected chi connectivity index (χ2v) is 2.60. The number of rotatable bonds is 3. The first-order valence-electron chi connectivity index (χ1n) is 3.70. The van der Waals surface area contributed by atoms with Gasteiger partial charge in [-0.2, -0.15) is 4.39 Å². The van der Waals surface area contributed by atoms with E-state index in [0.29, 0.717) is 5.56 Å². The lowest BCUT2D eigenvalue weighted by Gasteiger charge is -2.09. The van der Waals surface area contributed by atoms with E-state index in [0.717, 1.165) is 6.07 Å². The highest BCUT2D eigenvalue weighted by atomic mass is 19.2. The molecule has 2 N–H and O–H groups in total. The van der Waals surface area contributed by atoms with E-state index in [1.807, 2.05) is 0 Å². The average molecular weight is 188 g/mol. The molecule has 0 saturated carbocycles. The average Bonchev–Trinajstić information content (AvgIpc) is 2.10. The number of aromatic nitrogens is 1. The molecule has 0 unspecified atom stereocenters. The summed E-state index contributed by atoms with van der Waals surface area (Å²) >= 11 is 0. The van der Waals surface area contributed by atoms with Crippen molar-refractivity contribution in [1.82, 2.24) is 4.98 Å². The van der Waals surface area contributed by atoms with Crippen LogP contribution in [0.4, 0.5) is 8.78 Å². The van der Waals surface area contributed by atoms with E-state index in [2.05, 4.69) is 4.98 Å². The number of nitrogens with two attached hydrogens (primary N) is 1. The molecule has 5 heteroatoms. The van der Waals surface area contributed by atoms with Gasteiger partial charge in [-0.05, 0) is 11.6 Å². The first-order valence-corrected chi connectivity index (χ1v) is 3.70. The largest absolute Gasteiger partial charge is 0.383 e. The molecule has 1 aromatic heterocycles. The van der Waals surface area contributed by atoms with Crippen LogP contribution in [0.2, 0.25) is 0 Å². The smallest absolute Gasteiger partial charge is 0.248 e. The van der Waals surface area contributed by atoms with Crippen LogP contribution in [0.3, 0.4) is 0 Å². The lowest BCUT2D eigenvalue weighted by molar-refractivity contribution is 0.180. The van der Waals surface area contributed by atoms with Gasteiger partial charge in [0.05, 0.1) is 12.6 Å². The van der Waals surface area contributed by atoms with Gasteiger partial charge in [0, 0.05) is 13.3 Å². The molecule has 13 heavy (non-hydrogen) atoms. The zero-order valence-corrected chi connectivity index (χ0v) is 7.13. The minimum absolute atomic E-state index is 0.243. The van der Waals surface area contributed by atoms with E-state index in [1.165, 1.54) is 13.3 Å². The highest BCUT2D eigenvalue weighted by molar-refractivity contribution is 5.15. The Morgan fingerprint density at radius 2 is 2.31 bits per heavy atom. The predicted molar refractivity (Wildman–Crippen MR) is 43.0 cm³/mol. The Morgan fingerprint density at radius 1 is 1.62 bits per heavy atom. The zero-order chi connectivity index (χ0) is 9.84. The molecule has 0 amide bonds. The fourth-order valence-corrected chi connectivity index (χ4v) is 0.915. The van der Waals surface area contributed by atoms with E-state index in [1.54, 1.807) is 0 Å². The van der Waals surface area contributed by atoms with Crippen LogP contribution in [0, 0.1) is 11.8 Å². The van der Waals surface area contributed by atoms with Crippen molar-refractivity contribution in [2.75, 3.05) is 13.7 Å². The second-order valence-electron chi connectivity index (χ2n) is 2.60. The molecular formula is C8H10F2N2O. The fraction of sp³-hybridized carbons (Fsp3) is 0.375. The molecule has 72 valence electrons. The quantitative estimate of drug-likeness (QED) is 0.720. The number of ether oxygens (including phenoxy) is 1. The number of hydrogen-bond donors (Lipinski definition) is 1. The molecule has 0 saturated heterocycles. The molecule has 1 heterocycles. The van der Waals surface area contributed by atoms with Gasteiger partial charge in [-0.1, -0.05) is 0 Å². The molecule has 0 aliphatic carbocycles. The molecule has 0 aliphatic rings. The molecule has 0 spiro atoms. The number of hydrogen-bond acceptors (Lipinski definition) is 3. The monoisotopic (exact) mass is 188 g/mol. The molecule has 0 fully saturated rings. The Hall–Kier alpha value is -1.07. The fourth-order valence-electron chi connectivity index (χ4n) is 0.915. The maximum absolute atomic E-state index is 12.6. The van der Waals surface area contributed by atoms with Crippen LogP contribution >= 0.6 is 0 Å². The van der Waals surface area contributed by atoms with Crippen molar-refractivity contribution >= 4 is 0 Å². The summed E-state index contributed by atoms with van der Waals surface area (Å²) in [6.45, 7) is 0.243. The normalized spacial score (nSPS) is 12.9. The molecule has 3 nitrogen and oxygen atoms in total. The third kappa shape index (κ3) is 2.43. The van der Waals surface area contributed by atoms with Gasteiger partial charge in [-0.15, -0.1) is 0 Å².